The molecule has 2 amide bonds. The van der Waals surface area contributed by atoms with Crippen molar-refractivity contribution in [1.29, 1.82) is 0 Å². The van der Waals surface area contributed by atoms with E-state index < -0.39 is 0 Å². The molecule has 1 saturated heterocycles. The molecule has 126 valence electrons. The van der Waals surface area contributed by atoms with Crippen molar-refractivity contribution in [1.82, 2.24) is 15.4 Å². The molecular formula is C17H25N3O3. The second kappa shape index (κ2) is 6.34. The van der Waals surface area contributed by atoms with Crippen LogP contribution in [0.2, 0.25) is 0 Å². The van der Waals surface area contributed by atoms with Crippen LogP contribution in [0.5, 0.6) is 0 Å². The van der Waals surface area contributed by atoms with Crippen LogP contribution < -0.4 is 5.32 Å². The number of amides is 2. The van der Waals surface area contributed by atoms with Gasteiger partial charge in [-0.25, -0.2) is 0 Å². The van der Waals surface area contributed by atoms with Gasteiger partial charge in [0.15, 0.2) is 0 Å². The molecule has 1 N–H and O–H groups in total. The van der Waals surface area contributed by atoms with E-state index in [2.05, 4.69) is 10.5 Å². The molecule has 0 aromatic carbocycles. The van der Waals surface area contributed by atoms with Crippen molar-refractivity contribution in [2.75, 3.05) is 13.1 Å². The van der Waals surface area contributed by atoms with Gasteiger partial charge in [0.05, 0.1) is 6.20 Å². The van der Waals surface area contributed by atoms with E-state index in [9.17, 15) is 9.59 Å². The maximum atomic E-state index is 12.3. The van der Waals surface area contributed by atoms with Gasteiger partial charge >= 0.3 is 0 Å². The summed E-state index contributed by atoms with van der Waals surface area (Å²) < 4.78 is 4.96. The van der Waals surface area contributed by atoms with E-state index in [0.29, 0.717) is 5.76 Å². The molecule has 6 nitrogen and oxygen atoms in total. The largest absolute Gasteiger partial charge is 0.354 e. The minimum Gasteiger partial charge on any atom is -0.354 e. The van der Waals surface area contributed by atoms with Crippen LogP contribution in [0, 0.1) is 11.3 Å². The summed E-state index contributed by atoms with van der Waals surface area (Å²) in [4.78, 5) is 26.3. The van der Waals surface area contributed by atoms with Crippen molar-refractivity contribution in [3.05, 3.63) is 18.0 Å². The highest BCUT2D eigenvalue weighted by Crippen LogP contribution is 2.49. The van der Waals surface area contributed by atoms with Gasteiger partial charge in [-0.1, -0.05) is 5.16 Å². The van der Waals surface area contributed by atoms with E-state index in [-0.39, 0.29) is 29.2 Å². The summed E-state index contributed by atoms with van der Waals surface area (Å²) in [7, 11) is 0. The van der Waals surface area contributed by atoms with Crippen molar-refractivity contribution in [3.63, 3.8) is 0 Å². The zero-order chi connectivity index (χ0) is 16.4. The molecule has 3 rings (SSSR count). The van der Waals surface area contributed by atoms with Gasteiger partial charge in [0.2, 0.25) is 11.7 Å². The number of hydrogen-bond donors (Lipinski definition) is 1. The van der Waals surface area contributed by atoms with Gasteiger partial charge in [0, 0.05) is 31.1 Å². The molecule has 2 fully saturated rings. The highest BCUT2D eigenvalue weighted by molar-refractivity contribution is 5.91. The summed E-state index contributed by atoms with van der Waals surface area (Å²) in [5, 5.41) is 6.62. The van der Waals surface area contributed by atoms with E-state index in [1.807, 2.05) is 18.7 Å². The SMILES string of the molecule is CC(C)NC(=O)C1CCC2(CCN(C(=O)c3ccno3)CC2)C1. The topological polar surface area (TPSA) is 75.4 Å². The Balaban J connectivity index is 1.55. The van der Waals surface area contributed by atoms with Gasteiger partial charge in [0.25, 0.3) is 5.91 Å². The van der Waals surface area contributed by atoms with Crippen molar-refractivity contribution >= 4 is 11.8 Å². The minimum absolute atomic E-state index is 0.0792. The first-order chi connectivity index (χ1) is 11.0. The lowest BCUT2D eigenvalue weighted by atomic mass is 9.76. The number of hydrogen-bond acceptors (Lipinski definition) is 4. The van der Waals surface area contributed by atoms with Crippen LogP contribution in [-0.4, -0.2) is 41.0 Å². The Hall–Kier alpha value is -1.85. The lowest BCUT2D eigenvalue weighted by Crippen LogP contribution is -2.42. The third-order valence-corrected chi connectivity index (χ3v) is 5.26. The quantitative estimate of drug-likeness (QED) is 0.927. The zero-order valence-corrected chi connectivity index (χ0v) is 13.9. The first-order valence-corrected chi connectivity index (χ1v) is 8.49. The third-order valence-electron chi connectivity index (χ3n) is 5.26. The molecule has 2 heterocycles. The fraction of sp³-hybridized carbons (Fsp3) is 0.706. The second-order valence-corrected chi connectivity index (χ2v) is 7.27. The fourth-order valence-corrected chi connectivity index (χ4v) is 3.95. The Bertz CT molecular complexity index is 560. The molecule has 1 saturated carbocycles. The van der Waals surface area contributed by atoms with Crippen LogP contribution in [0.3, 0.4) is 0 Å². The highest BCUT2D eigenvalue weighted by Gasteiger charge is 2.44. The predicted octanol–water partition coefficient (Wildman–Crippen LogP) is 2.22. The molecule has 1 atom stereocenters. The molecule has 1 unspecified atom stereocenters. The summed E-state index contributed by atoms with van der Waals surface area (Å²) in [6.45, 7) is 5.46. The molecule has 1 aliphatic carbocycles. The molecule has 23 heavy (non-hydrogen) atoms. The second-order valence-electron chi connectivity index (χ2n) is 7.27. The lowest BCUT2D eigenvalue weighted by Gasteiger charge is -2.39. The number of likely N-dealkylation sites (tertiary alicyclic amines) is 1. The third kappa shape index (κ3) is 3.41. The fourth-order valence-electron chi connectivity index (χ4n) is 3.95. The molecule has 1 aromatic heterocycles. The molecule has 0 bridgehead atoms. The van der Waals surface area contributed by atoms with Crippen LogP contribution in [0.25, 0.3) is 0 Å². The normalized spacial score (nSPS) is 23.4. The average Bonchev–Trinajstić information content (AvgIpc) is 3.17. The predicted molar refractivity (Wildman–Crippen MR) is 84.7 cm³/mol. The number of aromatic nitrogens is 1. The summed E-state index contributed by atoms with van der Waals surface area (Å²) in [5.74, 6) is 0.553. The van der Waals surface area contributed by atoms with Gasteiger partial charge < -0.3 is 14.7 Å². The van der Waals surface area contributed by atoms with Crippen molar-refractivity contribution < 1.29 is 14.1 Å². The lowest BCUT2D eigenvalue weighted by molar-refractivity contribution is -0.125. The highest BCUT2D eigenvalue weighted by atomic mass is 16.5. The number of carbonyl (C=O) groups is 2. The Labute approximate surface area is 136 Å². The van der Waals surface area contributed by atoms with Crippen molar-refractivity contribution in [2.24, 2.45) is 11.3 Å². The van der Waals surface area contributed by atoms with Gasteiger partial charge in [-0.15, -0.1) is 0 Å². The first-order valence-electron chi connectivity index (χ1n) is 8.49. The number of nitrogens with zero attached hydrogens (tertiary/aromatic N) is 2. The maximum Gasteiger partial charge on any atom is 0.292 e. The van der Waals surface area contributed by atoms with E-state index in [1.165, 1.54) is 6.20 Å². The molecule has 1 spiro atoms. The summed E-state index contributed by atoms with van der Waals surface area (Å²) in [6.07, 6.45) is 6.45. The van der Waals surface area contributed by atoms with Crippen LogP contribution >= 0.6 is 0 Å². The van der Waals surface area contributed by atoms with Crippen LogP contribution in [0.4, 0.5) is 0 Å². The van der Waals surface area contributed by atoms with Crippen LogP contribution in [0.1, 0.15) is 56.5 Å². The molecule has 0 radical (unpaired) electrons. The van der Waals surface area contributed by atoms with Crippen molar-refractivity contribution in [3.8, 4) is 0 Å². The van der Waals surface area contributed by atoms with E-state index in [4.69, 9.17) is 4.52 Å². The minimum atomic E-state index is -0.0792. The average molecular weight is 319 g/mol. The molecule has 2 aliphatic rings. The maximum absolute atomic E-state index is 12.3. The number of rotatable bonds is 3. The molecule has 1 aliphatic heterocycles. The Kier molecular flexibility index (Phi) is 4.41. The number of nitrogens with one attached hydrogen (secondary N) is 1. The molecule has 6 heteroatoms. The van der Waals surface area contributed by atoms with E-state index in [0.717, 1.165) is 45.2 Å². The van der Waals surface area contributed by atoms with Gasteiger partial charge in [-0.05, 0) is 51.4 Å². The van der Waals surface area contributed by atoms with Gasteiger partial charge in [0.1, 0.15) is 0 Å². The summed E-state index contributed by atoms with van der Waals surface area (Å²) in [6, 6.07) is 1.80. The number of carbonyl (C=O) groups excluding carboxylic acids is 2. The Morgan fingerprint density at radius 1 is 1.35 bits per heavy atom. The van der Waals surface area contributed by atoms with Crippen molar-refractivity contribution in [2.45, 2.75) is 52.0 Å². The standard InChI is InChI=1S/C17H25N3O3/c1-12(2)19-15(21)13-3-5-17(11-13)6-9-20(10-7-17)16(22)14-4-8-18-23-14/h4,8,12-13H,3,5-7,9-11H2,1-2H3,(H,19,21). The number of piperidine rings is 1. The first kappa shape index (κ1) is 16.0. The summed E-state index contributed by atoms with van der Waals surface area (Å²) >= 11 is 0. The van der Waals surface area contributed by atoms with Gasteiger partial charge in [-0.3, -0.25) is 9.59 Å². The Morgan fingerprint density at radius 3 is 2.70 bits per heavy atom. The zero-order valence-electron chi connectivity index (χ0n) is 13.9. The van der Waals surface area contributed by atoms with E-state index >= 15 is 0 Å². The van der Waals surface area contributed by atoms with Crippen LogP contribution in [-0.2, 0) is 4.79 Å². The smallest absolute Gasteiger partial charge is 0.292 e. The monoisotopic (exact) mass is 319 g/mol. The summed E-state index contributed by atoms with van der Waals surface area (Å²) in [5.41, 5.74) is 0.233. The van der Waals surface area contributed by atoms with Crippen LogP contribution in [0.15, 0.2) is 16.8 Å². The van der Waals surface area contributed by atoms with Gasteiger partial charge in [-0.2, -0.15) is 0 Å². The van der Waals surface area contributed by atoms with E-state index in [1.54, 1.807) is 6.07 Å². The Morgan fingerprint density at radius 2 is 2.09 bits per heavy atom. The molecular weight excluding hydrogens is 294 g/mol. The molecule has 1 aromatic rings.